The van der Waals surface area contributed by atoms with Crippen molar-refractivity contribution >= 4 is 37.4 Å². The van der Waals surface area contributed by atoms with Crippen LogP contribution in [0.2, 0.25) is 0 Å². The summed E-state index contributed by atoms with van der Waals surface area (Å²) in [5.41, 5.74) is 1.33. The molecule has 0 spiro atoms. The Balaban J connectivity index is 2.80. The first-order valence-electron chi connectivity index (χ1n) is 4.37. The minimum Gasteiger partial charge on any atom is -0.326 e. The van der Waals surface area contributed by atoms with Crippen LogP contribution in [-0.2, 0) is 13.8 Å². The highest BCUT2D eigenvalue weighted by molar-refractivity contribution is 8.16. The Morgan fingerprint density at radius 2 is 1.88 bits per heavy atom. The third-order valence-electron chi connectivity index (χ3n) is 1.65. The van der Waals surface area contributed by atoms with E-state index in [4.69, 9.17) is 10.7 Å². The summed E-state index contributed by atoms with van der Waals surface area (Å²) >= 11 is 0. The zero-order valence-electron chi connectivity index (χ0n) is 8.48. The number of anilines is 1. The standard InChI is InChI=1S/C10H10ClNO3S/c1-8(13)12-10-4-2-9(3-5-10)6-7-16(11,14)15/h2-7H,1H3,(H,12,13). The summed E-state index contributed by atoms with van der Waals surface area (Å²) in [5.74, 6) is -0.161. The molecule has 1 aromatic carbocycles. The molecule has 0 bridgehead atoms. The van der Waals surface area contributed by atoms with Crippen LogP contribution in [0.3, 0.4) is 0 Å². The first-order valence-corrected chi connectivity index (χ1v) is 6.74. The number of benzene rings is 1. The van der Waals surface area contributed by atoms with E-state index >= 15 is 0 Å². The minimum atomic E-state index is -3.63. The summed E-state index contributed by atoms with van der Waals surface area (Å²) in [7, 11) is 1.38. The maximum atomic E-state index is 10.7. The number of hydrogen-bond donors (Lipinski definition) is 1. The third-order valence-corrected chi connectivity index (χ3v) is 2.42. The quantitative estimate of drug-likeness (QED) is 0.847. The molecule has 0 fully saturated rings. The minimum absolute atomic E-state index is 0.161. The van der Waals surface area contributed by atoms with Gasteiger partial charge in [0.25, 0.3) is 9.05 Å². The Bertz CT molecular complexity index is 505. The van der Waals surface area contributed by atoms with E-state index in [1.165, 1.54) is 13.0 Å². The molecule has 0 saturated heterocycles. The molecule has 0 aliphatic heterocycles. The zero-order chi connectivity index (χ0) is 12.2. The predicted molar refractivity (Wildman–Crippen MR) is 64.6 cm³/mol. The SMILES string of the molecule is CC(=O)Nc1ccc(C=CS(=O)(=O)Cl)cc1. The van der Waals surface area contributed by atoms with Crippen LogP contribution in [0.5, 0.6) is 0 Å². The monoisotopic (exact) mass is 259 g/mol. The highest BCUT2D eigenvalue weighted by atomic mass is 35.7. The van der Waals surface area contributed by atoms with E-state index in [-0.39, 0.29) is 5.91 Å². The second-order valence-corrected chi connectivity index (χ2v) is 5.60. The first kappa shape index (κ1) is 12.7. The molecule has 0 saturated carbocycles. The largest absolute Gasteiger partial charge is 0.326 e. The van der Waals surface area contributed by atoms with E-state index < -0.39 is 9.05 Å². The Kier molecular flexibility index (Phi) is 4.09. The summed E-state index contributed by atoms with van der Waals surface area (Å²) in [6, 6.07) is 6.68. The lowest BCUT2D eigenvalue weighted by Gasteiger charge is -2.01. The fraction of sp³-hybridized carbons (Fsp3) is 0.100. The lowest BCUT2D eigenvalue weighted by molar-refractivity contribution is -0.114. The summed E-state index contributed by atoms with van der Waals surface area (Å²) in [6.07, 6.45) is 1.37. The number of carbonyl (C=O) groups is 1. The van der Waals surface area contributed by atoms with Crippen LogP contribution >= 0.6 is 10.7 Å². The number of nitrogens with one attached hydrogen (secondary N) is 1. The Morgan fingerprint density at radius 3 is 2.31 bits per heavy atom. The molecule has 86 valence electrons. The first-order chi connectivity index (χ1) is 7.37. The Morgan fingerprint density at radius 1 is 1.31 bits per heavy atom. The normalized spacial score (nSPS) is 11.6. The molecule has 1 aromatic rings. The molecule has 0 heterocycles. The van der Waals surface area contributed by atoms with Crippen molar-refractivity contribution in [3.63, 3.8) is 0 Å². The van der Waals surface area contributed by atoms with Crippen molar-refractivity contribution in [1.82, 2.24) is 0 Å². The van der Waals surface area contributed by atoms with Crippen LogP contribution < -0.4 is 5.32 Å². The van der Waals surface area contributed by atoms with E-state index in [2.05, 4.69) is 5.32 Å². The van der Waals surface area contributed by atoms with Gasteiger partial charge in [-0.15, -0.1) is 0 Å². The highest BCUT2D eigenvalue weighted by Crippen LogP contribution is 2.12. The molecular weight excluding hydrogens is 250 g/mol. The number of amides is 1. The van der Waals surface area contributed by atoms with E-state index in [1.54, 1.807) is 24.3 Å². The van der Waals surface area contributed by atoms with E-state index in [1.807, 2.05) is 0 Å². The molecule has 16 heavy (non-hydrogen) atoms. The number of hydrogen-bond acceptors (Lipinski definition) is 3. The molecule has 6 heteroatoms. The number of carbonyl (C=O) groups excluding carboxylic acids is 1. The molecule has 0 atom stereocenters. The van der Waals surface area contributed by atoms with Crippen molar-refractivity contribution < 1.29 is 13.2 Å². The van der Waals surface area contributed by atoms with Gasteiger partial charge in [-0.25, -0.2) is 8.42 Å². The Labute approximate surface area is 98.3 Å². The van der Waals surface area contributed by atoms with E-state index in [9.17, 15) is 13.2 Å². The maximum absolute atomic E-state index is 10.7. The lowest BCUT2D eigenvalue weighted by Crippen LogP contribution is -2.05. The van der Waals surface area contributed by atoms with Crippen molar-refractivity contribution in [2.24, 2.45) is 0 Å². The van der Waals surface area contributed by atoms with Gasteiger partial charge in [0.2, 0.25) is 5.91 Å². The van der Waals surface area contributed by atoms with Crippen molar-refractivity contribution in [2.45, 2.75) is 6.92 Å². The highest BCUT2D eigenvalue weighted by Gasteiger charge is 1.97. The van der Waals surface area contributed by atoms with Gasteiger partial charge < -0.3 is 5.32 Å². The zero-order valence-corrected chi connectivity index (χ0v) is 10.0. The van der Waals surface area contributed by atoms with Gasteiger partial charge in [-0.1, -0.05) is 12.1 Å². The second-order valence-electron chi connectivity index (χ2n) is 3.08. The van der Waals surface area contributed by atoms with Crippen molar-refractivity contribution in [3.8, 4) is 0 Å². The summed E-state index contributed by atoms with van der Waals surface area (Å²) in [4.78, 5) is 10.7. The van der Waals surface area contributed by atoms with Gasteiger partial charge in [0.15, 0.2) is 0 Å². The molecule has 0 unspecified atom stereocenters. The summed E-state index contributed by atoms with van der Waals surface area (Å²) < 4.78 is 21.3. The second kappa shape index (κ2) is 5.14. The van der Waals surface area contributed by atoms with Gasteiger partial charge in [-0.2, -0.15) is 0 Å². The Hall–Kier alpha value is -1.33. The van der Waals surface area contributed by atoms with E-state index in [0.29, 0.717) is 11.3 Å². The number of rotatable bonds is 3. The summed E-state index contributed by atoms with van der Waals surface area (Å²) in [5, 5.41) is 3.50. The smallest absolute Gasteiger partial charge is 0.254 e. The third kappa shape index (κ3) is 4.95. The fourth-order valence-electron chi connectivity index (χ4n) is 1.04. The van der Waals surface area contributed by atoms with Crippen molar-refractivity contribution in [2.75, 3.05) is 5.32 Å². The molecule has 1 N–H and O–H groups in total. The lowest BCUT2D eigenvalue weighted by atomic mass is 10.2. The van der Waals surface area contributed by atoms with Crippen molar-refractivity contribution in [1.29, 1.82) is 0 Å². The van der Waals surface area contributed by atoms with Crippen LogP contribution in [-0.4, -0.2) is 14.3 Å². The molecule has 0 aliphatic rings. The molecule has 0 aliphatic carbocycles. The fourth-order valence-corrected chi connectivity index (χ4v) is 1.51. The van der Waals surface area contributed by atoms with Crippen LogP contribution in [0.1, 0.15) is 12.5 Å². The van der Waals surface area contributed by atoms with Gasteiger partial charge in [0.1, 0.15) is 0 Å². The molecular formula is C10H10ClNO3S. The van der Waals surface area contributed by atoms with Gasteiger partial charge >= 0.3 is 0 Å². The molecule has 4 nitrogen and oxygen atoms in total. The van der Waals surface area contributed by atoms with Gasteiger partial charge in [-0.3, -0.25) is 4.79 Å². The average Bonchev–Trinajstić information content (AvgIpc) is 2.14. The van der Waals surface area contributed by atoms with E-state index in [0.717, 1.165) is 5.41 Å². The van der Waals surface area contributed by atoms with Gasteiger partial charge in [-0.05, 0) is 23.8 Å². The van der Waals surface area contributed by atoms with Crippen LogP contribution in [0, 0.1) is 0 Å². The molecule has 0 radical (unpaired) electrons. The van der Waals surface area contributed by atoms with Crippen LogP contribution in [0.15, 0.2) is 29.7 Å². The molecule has 0 aromatic heterocycles. The topological polar surface area (TPSA) is 63.2 Å². The van der Waals surface area contributed by atoms with Gasteiger partial charge in [0.05, 0.1) is 0 Å². The maximum Gasteiger partial charge on any atom is 0.254 e. The van der Waals surface area contributed by atoms with Crippen LogP contribution in [0.25, 0.3) is 6.08 Å². The van der Waals surface area contributed by atoms with Crippen molar-refractivity contribution in [3.05, 3.63) is 35.2 Å². The molecule has 1 rings (SSSR count). The predicted octanol–water partition coefficient (Wildman–Crippen LogP) is 2.18. The number of halogens is 1. The van der Waals surface area contributed by atoms with Gasteiger partial charge in [0, 0.05) is 28.7 Å². The molecule has 1 amide bonds. The average molecular weight is 260 g/mol. The summed E-state index contributed by atoms with van der Waals surface area (Å²) in [6.45, 7) is 1.41. The van der Waals surface area contributed by atoms with Crippen LogP contribution in [0.4, 0.5) is 5.69 Å².